The summed E-state index contributed by atoms with van der Waals surface area (Å²) in [6.45, 7) is 7.24. The highest BCUT2D eigenvalue weighted by Crippen LogP contribution is 2.33. The fraction of sp³-hybridized carbons (Fsp3) is 0.625. The SMILES string of the molecule is CCCC(CBr)(CCC)COc1ccc(Cl)c(C)c1. The Balaban J connectivity index is 2.71. The molecule has 0 aliphatic rings. The van der Waals surface area contributed by atoms with Gasteiger partial charge in [-0.3, -0.25) is 0 Å². The molecule has 1 nitrogen and oxygen atoms in total. The zero-order valence-corrected chi connectivity index (χ0v) is 14.5. The summed E-state index contributed by atoms with van der Waals surface area (Å²) in [6.07, 6.45) is 4.76. The Morgan fingerprint density at radius 3 is 2.32 bits per heavy atom. The first-order chi connectivity index (χ1) is 9.06. The van der Waals surface area contributed by atoms with E-state index < -0.39 is 0 Å². The number of alkyl halides is 1. The molecule has 19 heavy (non-hydrogen) atoms. The second kappa shape index (κ2) is 8.16. The van der Waals surface area contributed by atoms with Crippen molar-refractivity contribution in [1.29, 1.82) is 0 Å². The quantitative estimate of drug-likeness (QED) is 0.523. The summed E-state index contributed by atoms with van der Waals surface area (Å²) in [4.78, 5) is 0. The van der Waals surface area contributed by atoms with Gasteiger partial charge >= 0.3 is 0 Å². The van der Waals surface area contributed by atoms with E-state index in [9.17, 15) is 0 Å². The van der Waals surface area contributed by atoms with Crippen molar-refractivity contribution < 1.29 is 4.74 Å². The van der Waals surface area contributed by atoms with E-state index in [4.69, 9.17) is 16.3 Å². The van der Waals surface area contributed by atoms with Crippen molar-refractivity contribution >= 4 is 27.5 Å². The summed E-state index contributed by atoms with van der Waals surface area (Å²) in [7, 11) is 0. The predicted octanol–water partition coefficient (Wildman–Crippen LogP) is 6.01. The number of ether oxygens (including phenoxy) is 1. The van der Waals surface area contributed by atoms with Crippen molar-refractivity contribution in [3.63, 3.8) is 0 Å². The molecule has 0 saturated carbocycles. The van der Waals surface area contributed by atoms with E-state index in [0.717, 1.165) is 28.3 Å². The smallest absolute Gasteiger partial charge is 0.119 e. The maximum atomic E-state index is 6.03. The Bertz CT molecular complexity index is 386. The predicted molar refractivity (Wildman–Crippen MR) is 87.7 cm³/mol. The Labute approximate surface area is 130 Å². The first-order valence-electron chi connectivity index (χ1n) is 7.02. The highest BCUT2D eigenvalue weighted by atomic mass is 79.9. The van der Waals surface area contributed by atoms with Gasteiger partial charge in [-0.1, -0.05) is 54.2 Å². The summed E-state index contributed by atoms with van der Waals surface area (Å²) in [5.74, 6) is 0.916. The maximum Gasteiger partial charge on any atom is 0.119 e. The lowest BCUT2D eigenvalue weighted by molar-refractivity contribution is 0.144. The third-order valence-corrected chi connectivity index (χ3v) is 5.13. The van der Waals surface area contributed by atoms with Crippen LogP contribution in [-0.2, 0) is 0 Å². The third kappa shape index (κ3) is 5.00. The molecule has 3 heteroatoms. The van der Waals surface area contributed by atoms with Gasteiger partial charge in [-0.2, -0.15) is 0 Å². The van der Waals surface area contributed by atoms with Crippen LogP contribution in [0.1, 0.15) is 45.1 Å². The van der Waals surface area contributed by atoms with Crippen LogP contribution in [0.5, 0.6) is 5.75 Å². The van der Waals surface area contributed by atoms with Crippen LogP contribution in [0.2, 0.25) is 5.02 Å². The zero-order chi connectivity index (χ0) is 14.3. The van der Waals surface area contributed by atoms with Crippen LogP contribution in [0.3, 0.4) is 0 Å². The molecule has 108 valence electrons. The van der Waals surface area contributed by atoms with E-state index in [1.54, 1.807) is 0 Å². The average Bonchev–Trinajstić information content (AvgIpc) is 2.40. The molecule has 0 aromatic heterocycles. The van der Waals surface area contributed by atoms with Gasteiger partial charge in [0.05, 0.1) is 6.61 Å². The van der Waals surface area contributed by atoms with E-state index in [1.165, 1.54) is 25.7 Å². The molecule has 0 spiro atoms. The van der Waals surface area contributed by atoms with Crippen LogP contribution in [0, 0.1) is 12.3 Å². The molecule has 0 radical (unpaired) electrons. The van der Waals surface area contributed by atoms with Crippen LogP contribution < -0.4 is 4.74 Å². The number of hydrogen-bond acceptors (Lipinski definition) is 1. The lowest BCUT2D eigenvalue weighted by atomic mass is 9.82. The molecule has 0 aliphatic heterocycles. The normalized spacial score (nSPS) is 11.6. The summed E-state index contributed by atoms with van der Waals surface area (Å²) in [6, 6.07) is 5.87. The van der Waals surface area contributed by atoms with E-state index >= 15 is 0 Å². The van der Waals surface area contributed by atoms with Crippen LogP contribution >= 0.6 is 27.5 Å². The molecule has 0 bridgehead atoms. The second-order valence-electron chi connectivity index (χ2n) is 5.33. The topological polar surface area (TPSA) is 9.23 Å². The van der Waals surface area contributed by atoms with Crippen LogP contribution in [-0.4, -0.2) is 11.9 Å². The van der Waals surface area contributed by atoms with Crippen molar-refractivity contribution in [2.45, 2.75) is 46.5 Å². The Kier molecular flexibility index (Phi) is 7.23. The van der Waals surface area contributed by atoms with Gasteiger partial charge in [0, 0.05) is 15.8 Å². The third-order valence-electron chi connectivity index (χ3n) is 3.52. The number of benzene rings is 1. The molecule has 0 saturated heterocycles. The summed E-state index contributed by atoms with van der Waals surface area (Å²) in [5, 5.41) is 1.79. The van der Waals surface area contributed by atoms with Gasteiger partial charge in [-0.05, 0) is 43.5 Å². The lowest BCUT2D eigenvalue weighted by Gasteiger charge is -2.31. The van der Waals surface area contributed by atoms with Gasteiger partial charge in [0.15, 0.2) is 0 Å². The van der Waals surface area contributed by atoms with Crippen LogP contribution in [0.25, 0.3) is 0 Å². The van der Waals surface area contributed by atoms with Crippen molar-refractivity contribution in [1.82, 2.24) is 0 Å². The molecule has 0 unspecified atom stereocenters. The number of halogens is 2. The Hall–Kier alpha value is -0.210. The minimum absolute atomic E-state index is 0.247. The van der Waals surface area contributed by atoms with Crippen molar-refractivity contribution in [3.05, 3.63) is 28.8 Å². The van der Waals surface area contributed by atoms with Gasteiger partial charge in [0.25, 0.3) is 0 Å². The van der Waals surface area contributed by atoms with E-state index in [1.807, 2.05) is 25.1 Å². The van der Waals surface area contributed by atoms with Gasteiger partial charge in [0.1, 0.15) is 5.75 Å². The molecule has 1 aromatic carbocycles. The van der Waals surface area contributed by atoms with Gasteiger partial charge in [-0.25, -0.2) is 0 Å². The average molecular weight is 348 g/mol. The first kappa shape index (κ1) is 16.8. The zero-order valence-electron chi connectivity index (χ0n) is 12.1. The molecule has 0 heterocycles. The molecule has 0 fully saturated rings. The molecule has 1 aromatic rings. The van der Waals surface area contributed by atoms with Crippen molar-refractivity contribution in [3.8, 4) is 5.75 Å². The van der Waals surface area contributed by atoms with Gasteiger partial charge < -0.3 is 4.74 Å². The molecule has 0 N–H and O–H groups in total. The van der Waals surface area contributed by atoms with Crippen LogP contribution in [0.15, 0.2) is 18.2 Å². The number of aryl methyl sites for hydroxylation is 1. The minimum Gasteiger partial charge on any atom is -0.493 e. The molecule has 1 rings (SSSR count). The molecular formula is C16H24BrClO. The van der Waals surface area contributed by atoms with E-state index in [2.05, 4.69) is 29.8 Å². The van der Waals surface area contributed by atoms with Crippen molar-refractivity contribution in [2.75, 3.05) is 11.9 Å². The monoisotopic (exact) mass is 346 g/mol. The lowest BCUT2D eigenvalue weighted by Crippen LogP contribution is -2.30. The molecule has 0 atom stereocenters. The Morgan fingerprint density at radius 2 is 1.84 bits per heavy atom. The number of rotatable bonds is 8. The molecule has 0 amide bonds. The molecule has 0 aliphatic carbocycles. The van der Waals surface area contributed by atoms with Gasteiger partial charge in [0.2, 0.25) is 0 Å². The Morgan fingerprint density at radius 1 is 1.21 bits per heavy atom. The fourth-order valence-electron chi connectivity index (χ4n) is 2.45. The summed E-state index contributed by atoms with van der Waals surface area (Å²) >= 11 is 9.71. The van der Waals surface area contributed by atoms with Gasteiger partial charge in [-0.15, -0.1) is 0 Å². The summed E-state index contributed by atoms with van der Waals surface area (Å²) in [5.41, 5.74) is 1.31. The largest absolute Gasteiger partial charge is 0.493 e. The minimum atomic E-state index is 0.247. The highest BCUT2D eigenvalue weighted by Gasteiger charge is 2.28. The van der Waals surface area contributed by atoms with E-state index in [0.29, 0.717) is 0 Å². The maximum absolute atomic E-state index is 6.03. The van der Waals surface area contributed by atoms with Crippen LogP contribution in [0.4, 0.5) is 0 Å². The standard InChI is InChI=1S/C16H24BrClO/c1-4-8-16(11-17,9-5-2)12-19-14-6-7-15(18)13(3)10-14/h6-7,10H,4-5,8-9,11-12H2,1-3H3. The summed E-state index contributed by atoms with van der Waals surface area (Å²) < 4.78 is 6.01. The number of hydrogen-bond donors (Lipinski definition) is 0. The first-order valence-corrected chi connectivity index (χ1v) is 8.51. The van der Waals surface area contributed by atoms with Crippen molar-refractivity contribution in [2.24, 2.45) is 5.41 Å². The van der Waals surface area contributed by atoms with E-state index in [-0.39, 0.29) is 5.41 Å². The molecular weight excluding hydrogens is 324 g/mol. The second-order valence-corrected chi connectivity index (χ2v) is 6.30. The highest BCUT2D eigenvalue weighted by molar-refractivity contribution is 9.09. The fourth-order valence-corrected chi connectivity index (χ4v) is 3.29.